The number of allylic oxidation sites excluding steroid dienone is 4. The Hall–Kier alpha value is -4.23. The predicted octanol–water partition coefficient (Wildman–Crippen LogP) is 6.23. The van der Waals surface area contributed by atoms with E-state index in [-0.39, 0.29) is 5.57 Å². The minimum Gasteiger partial charge on any atom is -0.465 e. The number of nitrogens with zero attached hydrogens (tertiary/aromatic N) is 1. The standard InChI is InChI=1S/C39H47NO9S2/c1-12-23(3)14-30(27(13-2)37(41)48-11)36-31-16-28(25(19-38(5,6)7)21-50(42,43)44)24(4)15-34(31)49-35-18-33-29(17-32(35)36)26(22-51(45,46)47)20-39(8,9)40(33)10/h13-20H,3-4,12,21-22H2,1-2,5-11H3,(H,42,43,44)(H,45,46,47)/b25-19-,27-13+,30-14+. The first-order valence-electron chi connectivity index (χ1n) is 16.4. The van der Waals surface area contributed by atoms with Crippen molar-refractivity contribution in [2.24, 2.45) is 5.41 Å². The molecule has 0 amide bonds. The average molecular weight is 738 g/mol. The van der Waals surface area contributed by atoms with Crippen LogP contribution in [0, 0.1) is 5.41 Å². The van der Waals surface area contributed by atoms with Gasteiger partial charge >= 0.3 is 5.97 Å². The Morgan fingerprint density at radius 1 is 1.04 bits per heavy atom. The second kappa shape index (κ2) is 14.1. The number of benzene rings is 2. The molecule has 0 aliphatic carbocycles. The van der Waals surface area contributed by atoms with E-state index in [1.54, 1.807) is 55.5 Å². The molecular weight excluding hydrogens is 691 g/mol. The van der Waals surface area contributed by atoms with Crippen LogP contribution in [0.2, 0.25) is 0 Å². The van der Waals surface area contributed by atoms with E-state index in [1.807, 2.05) is 53.5 Å². The van der Waals surface area contributed by atoms with Crippen molar-refractivity contribution in [3.05, 3.63) is 99.0 Å². The second-order valence-electron chi connectivity index (χ2n) is 14.5. The van der Waals surface area contributed by atoms with Gasteiger partial charge in [-0.25, -0.2) is 4.79 Å². The lowest BCUT2D eigenvalue weighted by atomic mass is 9.82. The van der Waals surface area contributed by atoms with Crippen LogP contribution in [-0.2, 0) is 29.8 Å². The summed E-state index contributed by atoms with van der Waals surface area (Å²) in [4.78, 5) is 15.4. The van der Waals surface area contributed by atoms with Crippen molar-refractivity contribution in [1.82, 2.24) is 0 Å². The minimum atomic E-state index is -4.47. The molecule has 0 unspecified atom stereocenters. The van der Waals surface area contributed by atoms with Crippen LogP contribution in [0.15, 0.2) is 71.9 Å². The molecule has 2 aromatic rings. The molecule has 2 N–H and O–H groups in total. The van der Waals surface area contributed by atoms with E-state index in [2.05, 4.69) is 13.2 Å². The van der Waals surface area contributed by atoms with E-state index in [0.717, 1.165) is 0 Å². The number of esters is 1. The SMILES string of the molecule is C=C(/C=C(C1=c2cc(/C(=C\C(C)(C)C)CS(=O)(=O)O)c(=C)cc2Oc2cc3c(cc21)C(CS(=O)(=O)O)=CC(C)(C)N3C)\C(=C/C)C(=O)OC)CC. The molecule has 274 valence electrons. The summed E-state index contributed by atoms with van der Waals surface area (Å²) in [6.45, 7) is 21.6. The van der Waals surface area contributed by atoms with Crippen molar-refractivity contribution in [2.75, 3.05) is 30.6 Å². The van der Waals surface area contributed by atoms with Crippen LogP contribution < -0.4 is 20.1 Å². The number of hydrogen-bond donors (Lipinski definition) is 2. The van der Waals surface area contributed by atoms with Crippen molar-refractivity contribution in [3.8, 4) is 11.5 Å². The summed E-state index contributed by atoms with van der Waals surface area (Å²) in [5.41, 5.74) is 3.53. The first kappa shape index (κ1) is 39.6. The summed E-state index contributed by atoms with van der Waals surface area (Å²) in [7, 11) is -5.75. The van der Waals surface area contributed by atoms with Crippen LogP contribution in [0.4, 0.5) is 5.69 Å². The number of likely N-dealkylation sites (N-methyl/N-ethyl adjacent to an activating group) is 1. The lowest BCUT2D eigenvalue weighted by Gasteiger charge is -2.41. The number of fused-ring (bicyclic) bond motifs is 3. The van der Waals surface area contributed by atoms with Crippen LogP contribution in [0.25, 0.3) is 23.3 Å². The van der Waals surface area contributed by atoms with Gasteiger partial charge in [-0.3, -0.25) is 9.11 Å². The molecule has 12 heteroatoms. The van der Waals surface area contributed by atoms with Gasteiger partial charge in [-0.2, -0.15) is 16.8 Å². The lowest BCUT2D eigenvalue weighted by molar-refractivity contribution is -0.135. The van der Waals surface area contributed by atoms with Gasteiger partial charge < -0.3 is 14.4 Å². The van der Waals surface area contributed by atoms with Gasteiger partial charge in [0.1, 0.15) is 23.0 Å². The van der Waals surface area contributed by atoms with Gasteiger partial charge in [0.05, 0.1) is 18.2 Å². The number of anilines is 1. The molecule has 2 aliphatic rings. The van der Waals surface area contributed by atoms with Crippen molar-refractivity contribution >= 4 is 55.2 Å². The Morgan fingerprint density at radius 2 is 1.69 bits per heavy atom. The molecule has 0 atom stereocenters. The summed E-state index contributed by atoms with van der Waals surface area (Å²) < 4.78 is 80.8. The second-order valence-corrected chi connectivity index (χ2v) is 17.4. The third-order valence-corrected chi connectivity index (χ3v) is 10.2. The minimum absolute atomic E-state index is 0.217. The highest BCUT2D eigenvalue weighted by Crippen LogP contribution is 2.47. The summed E-state index contributed by atoms with van der Waals surface area (Å²) in [6, 6.07) is 6.99. The maximum Gasteiger partial charge on any atom is 0.338 e. The van der Waals surface area contributed by atoms with E-state index >= 15 is 0 Å². The van der Waals surface area contributed by atoms with Gasteiger partial charge in [0, 0.05) is 40.7 Å². The summed E-state index contributed by atoms with van der Waals surface area (Å²) in [5, 5.41) is 0.913. The topological polar surface area (TPSA) is 148 Å². The summed E-state index contributed by atoms with van der Waals surface area (Å²) in [5.74, 6) is -1.15. The fourth-order valence-electron chi connectivity index (χ4n) is 6.37. The van der Waals surface area contributed by atoms with Gasteiger partial charge in [-0.15, -0.1) is 0 Å². The Morgan fingerprint density at radius 3 is 2.22 bits per heavy atom. The lowest BCUT2D eigenvalue weighted by Crippen LogP contribution is -2.42. The zero-order valence-electron chi connectivity index (χ0n) is 30.7. The van der Waals surface area contributed by atoms with Gasteiger partial charge in [0.25, 0.3) is 20.2 Å². The maximum atomic E-state index is 13.4. The molecular formula is C39H47NO9S2. The molecule has 0 aromatic heterocycles. The van der Waals surface area contributed by atoms with Crippen molar-refractivity contribution < 1.29 is 40.2 Å². The van der Waals surface area contributed by atoms with Crippen LogP contribution >= 0.6 is 0 Å². The van der Waals surface area contributed by atoms with E-state index in [0.29, 0.717) is 78.6 Å². The molecule has 0 fully saturated rings. The van der Waals surface area contributed by atoms with Crippen LogP contribution in [-0.4, -0.2) is 63.1 Å². The van der Waals surface area contributed by atoms with Crippen LogP contribution in [0.1, 0.15) is 71.6 Å². The highest BCUT2D eigenvalue weighted by atomic mass is 32.2. The number of hydrogen-bond acceptors (Lipinski definition) is 8. The zero-order chi connectivity index (χ0) is 38.4. The van der Waals surface area contributed by atoms with Crippen molar-refractivity contribution in [3.63, 3.8) is 0 Å². The van der Waals surface area contributed by atoms with Gasteiger partial charge in [0.2, 0.25) is 0 Å². The zero-order valence-corrected chi connectivity index (χ0v) is 32.3. The Labute approximate surface area is 301 Å². The Balaban J connectivity index is 2.29. The molecule has 10 nitrogen and oxygen atoms in total. The fourth-order valence-corrected chi connectivity index (χ4v) is 7.63. The van der Waals surface area contributed by atoms with Gasteiger partial charge in [-0.1, -0.05) is 70.7 Å². The molecule has 0 bridgehead atoms. The third-order valence-electron chi connectivity index (χ3n) is 8.85. The summed E-state index contributed by atoms with van der Waals surface area (Å²) in [6.07, 6.45) is 7.51. The van der Waals surface area contributed by atoms with E-state index in [4.69, 9.17) is 9.47 Å². The molecule has 4 rings (SSSR count). The number of carbonyl (C=O) groups excluding carboxylic acids is 1. The Kier molecular flexibility index (Phi) is 10.9. The number of methoxy groups -OCH3 is 1. The molecule has 0 radical (unpaired) electrons. The van der Waals surface area contributed by atoms with Crippen molar-refractivity contribution in [2.45, 2.75) is 60.4 Å². The normalized spacial score (nSPS) is 16.5. The summed E-state index contributed by atoms with van der Waals surface area (Å²) >= 11 is 0. The maximum absolute atomic E-state index is 13.4. The fraction of sp³-hybridized carbons (Fsp3) is 0.359. The quantitative estimate of drug-likeness (QED) is 0.125. The van der Waals surface area contributed by atoms with E-state index in [9.17, 15) is 30.7 Å². The molecule has 2 heterocycles. The largest absolute Gasteiger partial charge is 0.465 e. The van der Waals surface area contributed by atoms with Crippen LogP contribution in [0.3, 0.4) is 0 Å². The van der Waals surface area contributed by atoms with E-state index in [1.165, 1.54) is 7.11 Å². The number of carbonyl (C=O) groups is 1. The molecule has 2 aromatic carbocycles. The Bertz CT molecular complexity index is 2280. The molecule has 51 heavy (non-hydrogen) atoms. The van der Waals surface area contributed by atoms with Crippen LogP contribution in [0.5, 0.6) is 11.5 Å². The molecule has 0 saturated carbocycles. The first-order chi connectivity index (χ1) is 23.4. The molecule has 0 saturated heterocycles. The molecule has 2 aliphatic heterocycles. The average Bonchev–Trinajstić information content (AvgIpc) is 2.98. The monoisotopic (exact) mass is 737 g/mol. The van der Waals surface area contributed by atoms with E-state index < -0.39 is 48.7 Å². The van der Waals surface area contributed by atoms with Gasteiger partial charge in [0.15, 0.2) is 0 Å². The van der Waals surface area contributed by atoms with Gasteiger partial charge in [-0.05, 0) is 78.3 Å². The third kappa shape index (κ3) is 8.81. The number of ether oxygens (including phenoxy) is 2. The predicted molar refractivity (Wildman–Crippen MR) is 204 cm³/mol. The van der Waals surface area contributed by atoms with Crippen molar-refractivity contribution in [1.29, 1.82) is 0 Å². The smallest absolute Gasteiger partial charge is 0.338 e. The molecule has 0 spiro atoms. The first-order valence-corrected chi connectivity index (χ1v) is 19.6. The highest BCUT2D eigenvalue weighted by Gasteiger charge is 2.35. The number of rotatable bonds is 10. The highest BCUT2D eigenvalue weighted by molar-refractivity contribution is 7.86.